The highest BCUT2D eigenvalue weighted by Gasteiger charge is 2.26. The maximum Gasteiger partial charge on any atom is 0.00128 e. The van der Waals surface area contributed by atoms with Crippen molar-refractivity contribution in [2.75, 3.05) is 26.2 Å². The van der Waals surface area contributed by atoms with Crippen molar-refractivity contribution in [2.45, 2.75) is 38.5 Å². The van der Waals surface area contributed by atoms with Crippen LogP contribution in [0.5, 0.6) is 0 Å². The fraction of sp³-hybridized carbons (Fsp3) is 1.00. The van der Waals surface area contributed by atoms with Crippen LogP contribution in [-0.4, -0.2) is 31.1 Å². The molecule has 0 bridgehead atoms. The molecule has 1 heterocycles. The molecule has 0 radical (unpaired) electrons. The maximum absolute atomic E-state index is 5.85. The van der Waals surface area contributed by atoms with Crippen molar-refractivity contribution in [2.24, 2.45) is 17.6 Å². The van der Waals surface area contributed by atoms with Crippen LogP contribution in [0.1, 0.15) is 38.5 Å². The molecule has 1 aliphatic heterocycles. The number of nitrogens with zero attached hydrogens (tertiary/aromatic N) is 1. The van der Waals surface area contributed by atoms with Gasteiger partial charge in [0.15, 0.2) is 0 Å². The van der Waals surface area contributed by atoms with Gasteiger partial charge in [-0.1, -0.05) is 12.8 Å². The standard InChI is InChI=1S/C12H24N2/c13-9-11-5-1-2-6-12(11)10-14-7-3-4-8-14/h11-12H,1-10,13H2/t11-,12+/m1/s1. The molecule has 0 aromatic heterocycles. The quantitative estimate of drug-likeness (QED) is 0.746. The van der Waals surface area contributed by atoms with E-state index in [1.165, 1.54) is 58.2 Å². The average molecular weight is 196 g/mol. The van der Waals surface area contributed by atoms with Crippen LogP contribution < -0.4 is 5.73 Å². The fourth-order valence-electron chi connectivity index (χ4n) is 3.13. The summed E-state index contributed by atoms with van der Waals surface area (Å²) in [4.78, 5) is 2.65. The molecule has 0 amide bonds. The predicted molar refractivity (Wildman–Crippen MR) is 60.2 cm³/mol. The summed E-state index contributed by atoms with van der Waals surface area (Å²) in [6, 6.07) is 0. The summed E-state index contributed by atoms with van der Waals surface area (Å²) < 4.78 is 0. The number of likely N-dealkylation sites (tertiary alicyclic amines) is 1. The van der Waals surface area contributed by atoms with E-state index in [-0.39, 0.29) is 0 Å². The predicted octanol–water partition coefficient (Wildman–Crippen LogP) is 1.85. The van der Waals surface area contributed by atoms with E-state index < -0.39 is 0 Å². The van der Waals surface area contributed by atoms with Gasteiger partial charge in [0.05, 0.1) is 0 Å². The largest absolute Gasteiger partial charge is 0.330 e. The number of hydrogen-bond donors (Lipinski definition) is 1. The van der Waals surface area contributed by atoms with Gasteiger partial charge in [0.25, 0.3) is 0 Å². The smallest absolute Gasteiger partial charge is 0.00128 e. The van der Waals surface area contributed by atoms with Gasteiger partial charge in [0.1, 0.15) is 0 Å². The lowest BCUT2D eigenvalue weighted by molar-refractivity contribution is 0.173. The van der Waals surface area contributed by atoms with Gasteiger partial charge >= 0.3 is 0 Å². The summed E-state index contributed by atoms with van der Waals surface area (Å²) in [7, 11) is 0. The minimum absolute atomic E-state index is 0.823. The minimum atomic E-state index is 0.823. The zero-order valence-electron chi connectivity index (χ0n) is 9.25. The Balaban J connectivity index is 1.81. The van der Waals surface area contributed by atoms with Gasteiger partial charge < -0.3 is 10.6 Å². The molecule has 82 valence electrons. The lowest BCUT2D eigenvalue weighted by Crippen LogP contribution is -2.35. The number of hydrogen-bond acceptors (Lipinski definition) is 2. The SMILES string of the molecule is NC[C@H]1CCCC[C@H]1CN1CCCC1. The van der Waals surface area contributed by atoms with Crippen molar-refractivity contribution in [3.63, 3.8) is 0 Å². The highest BCUT2D eigenvalue weighted by atomic mass is 15.1. The Morgan fingerprint density at radius 1 is 0.929 bits per heavy atom. The third-order valence-corrected chi connectivity index (χ3v) is 4.06. The fourth-order valence-corrected chi connectivity index (χ4v) is 3.13. The van der Waals surface area contributed by atoms with Crippen molar-refractivity contribution < 1.29 is 0 Å². The molecule has 0 spiro atoms. The van der Waals surface area contributed by atoms with E-state index in [1.807, 2.05) is 0 Å². The maximum atomic E-state index is 5.85. The highest BCUT2D eigenvalue weighted by Crippen LogP contribution is 2.30. The normalized spacial score (nSPS) is 34.9. The summed E-state index contributed by atoms with van der Waals surface area (Å²) in [5.41, 5.74) is 5.85. The van der Waals surface area contributed by atoms with E-state index in [2.05, 4.69) is 4.90 Å². The van der Waals surface area contributed by atoms with Crippen LogP contribution in [0.2, 0.25) is 0 Å². The van der Waals surface area contributed by atoms with Gasteiger partial charge in [-0.15, -0.1) is 0 Å². The topological polar surface area (TPSA) is 29.3 Å². The zero-order chi connectivity index (χ0) is 9.80. The third-order valence-electron chi connectivity index (χ3n) is 4.06. The van der Waals surface area contributed by atoms with Crippen LogP contribution >= 0.6 is 0 Å². The zero-order valence-corrected chi connectivity index (χ0v) is 9.25. The molecule has 2 atom stereocenters. The Hall–Kier alpha value is -0.0800. The molecule has 2 nitrogen and oxygen atoms in total. The Kier molecular flexibility index (Phi) is 3.82. The Bertz CT molecular complexity index is 164. The van der Waals surface area contributed by atoms with Crippen LogP contribution in [0.3, 0.4) is 0 Å². The second-order valence-electron chi connectivity index (χ2n) is 5.05. The van der Waals surface area contributed by atoms with Crippen LogP contribution in [-0.2, 0) is 0 Å². The second kappa shape index (κ2) is 5.13. The number of nitrogens with two attached hydrogens (primary N) is 1. The number of rotatable bonds is 3. The van der Waals surface area contributed by atoms with Gasteiger partial charge in [0.2, 0.25) is 0 Å². The molecular formula is C12H24N2. The Morgan fingerprint density at radius 3 is 2.21 bits per heavy atom. The Labute approximate surface area is 87.8 Å². The summed E-state index contributed by atoms with van der Waals surface area (Å²) in [6.45, 7) is 4.93. The molecule has 1 saturated carbocycles. The van der Waals surface area contributed by atoms with Gasteiger partial charge in [-0.25, -0.2) is 0 Å². The molecule has 0 aromatic carbocycles. The highest BCUT2D eigenvalue weighted by molar-refractivity contribution is 4.80. The molecule has 0 unspecified atom stereocenters. The van der Waals surface area contributed by atoms with E-state index in [4.69, 9.17) is 5.73 Å². The molecule has 2 heteroatoms. The first-order valence-electron chi connectivity index (χ1n) is 6.32. The summed E-state index contributed by atoms with van der Waals surface area (Å²) in [6.07, 6.45) is 8.50. The average Bonchev–Trinajstić information content (AvgIpc) is 2.71. The van der Waals surface area contributed by atoms with Crippen molar-refractivity contribution >= 4 is 0 Å². The molecule has 2 rings (SSSR count). The van der Waals surface area contributed by atoms with E-state index in [9.17, 15) is 0 Å². The van der Waals surface area contributed by atoms with Crippen molar-refractivity contribution in [1.29, 1.82) is 0 Å². The molecule has 0 aromatic rings. The monoisotopic (exact) mass is 196 g/mol. The molecule has 1 aliphatic carbocycles. The molecule has 2 fully saturated rings. The van der Waals surface area contributed by atoms with Crippen LogP contribution in [0.4, 0.5) is 0 Å². The van der Waals surface area contributed by atoms with E-state index in [0.717, 1.165) is 18.4 Å². The first-order valence-corrected chi connectivity index (χ1v) is 6.32. The van der Waals surface area contributed by atoms with E-state index in [0.29, 0.717) is 0 Å². The summed E-state index contributed by atoms with van der Waals surface area (Å²) >= 11 is 0. The van der Waals surface area contributed by atoms with Gasteiger partial charge in [-0.05, 0) is 57.2 Å². The van der Waals surface area contributed by atoms with Crippen molar-refractivity contribution in [3.05, 3.63) is 0 Å². The molecule has 14 heavy (non-hydrogen) atoms. The van der Waals surface area contributed by atoms with Gasteiger partial charge in [-0.3, -0.25) is 0 Å². The molecule has 2 N–H and O–H groups in total. The molecule has 2 aliphatic rings. The van der Waals surface area contributed by atoms with Gasteiger partial charge in [-0.2, -0.15) is 0 Å². The lowest BCUT2D eigenvalue weighted by atomic mass is 9.79. The van der Waals surface area contributed by atoms with Crippen molar-refractivity contribution in [1.82, 2.24) is 4.90 Å². The summed E-state index contributed by atoms with van der Waals surface area (Å²) in [5, 5.41) is 0. The summed E-state index contributed by atoms with van der Waals surface area (Å²) in [5.74, 6) is 1.73. The first-order chi connectivity index (χ1) is 6.90. The minimum Gasteiger partial charge on any atom is -0.330 e. The van der Waals surface area contributed by atoms with E-state index >= 15 is 0 Å². The van der Waals surface area contributed by atoms with Crippen LogP contribution in [0.25, 0.3) is 0 Å². The van der Waals surface area contributed by atoms with E-state index in [1.54, 1.807) is 0 Å². The van der Waals surface area contributed by atoms with Crippen LogP contribution in [0, 0.1) is 11.8 Å². The second-order valence-corrected chi connectivity index (χ2v) is 5.05. The first kappa shape index (κ1) is 10.4. The Morgan fingerprint density at radius 2 is 1.57 bits per heavy atom. The molecule has 1 saturated heterocycles. The lowest BCUT2D eigenvalue weighted by Gasteiger charge is -2.33. The molecular weight excluding hydrogens is 172 g/mol. The van der Waals surface area contributed by atoms with Crippen LogP contribution in [0.15, 0.2) is 0 Å². The van der Waals surface area contributed by atoms with Crippen molar-refractivity contribution in [3.8, 4) is 0 Å². The van der Waals surface area contributed by atoms with Gasteiger partial charge in [0, 0.05) is 6.54 Å². The third kappa shape index (κ3) is 2.48.